The van der Waals surface area contributed by atoms with E-state index in [4.69, 9.17) is 22.1 Å². The first kappa shape index (κ1) is 15.6. The number of thiol groups is 1. The Balaban J connectivity index is 2.17. The molecule has 0 aromatic heterocycles. The van der Waals surface area contributed by atoms with Crippen molar-refractivity contribution in [3.63, 3.8) is 0 Å². The quantitative estimate of drug-likeness (QED) is 0.726. The van der Waals surface area contributed by atoms with Crippen LogP contribution < -0.4 is 9.47 Å². The minimum absolute atomic E-state index is 0.483. The van der Waals surface area contributed by atoms with Crippen molar-refractivity contribution in [3.8, 4) is 11.5 Å². The molecule has 0 saturated heterocycles. The van der Waals surface area contributed by atoms with Gasteiger partial charge in [0.05, 0.1) is 13.2 Å². The molecule has 112 valence electrons. The highest BCUT2D eigenvalue weighted by atomic mass is 32.1. The standard InChI is InChI=1S/C17H26O2S/c1-3-10-18-15-9-8-13(12-16(15)19-11-4-2)14-6-5-7-17(14)20/h8-9,12,14,17,20H,3-7,10-11H2,1-2H3. The molecule has 3 heteroatoms. The van der Waals surface area contributed by atoms with Crippen LogP contribution in [0.25, 0.3) is 0 Å². The van der Waals surface area contributed by atoms with E-state index in [1.165, 1.54) is 24.8 Å². The van der Waals surface area contributed by atoms with Gasteiger partial charge in [-0.05, 0) is 49.3 Å². The van der Waals surface area contributed by atoms with Crippen molar-refractivity contribution < 1.29 is 9.47 Å². The highest BCUT2D eigenvalue weighted by Crippen LogP contribution is 2.40. The predicted molar refractivity (Wildman–Crippen MR) is 87.4 cm³/mol. The Bertz CT molecular complexity index is 419. The van der Waals surface area contributed by atoms with Crippen molar-refractivity contribution in [2.24, 2.45) is 0 Å². The number of hydrogen-bond donors (Lipinski definition) is 1. The summed E-state index contributed by atoms with van der Waals surface area (Å²) in [6.45, 7) is 5.71. The predicted octanol–water partition coefficient (Wildman–Crippen LogP) is 4.83. The van der Waals surface area contributed by atoms with Gasteiger partial charge in [0.15, 0.2) is 11.5 Å². The first-order valence-electron chi connectivity index (χ1n) is 7.83. The molecule has 2 atom stereocenters. The molecule has 2 nitrogen and oxygen atoms in total. The molecular formula is C17H26O2S. The van der Waals surface area contributed by atoms with Gasteiger partial charge in [-0.15, -0.1) is 0 Å². The Labute approximate surface area is 128 Å². The molecule has 1 aliphatic carbocycles. The number of hydrogen-bond acceptors (Lipinski definition) is 3. The van der Waals surface area contributed by atoms with Crippen LogP contribution in [0.5, 0.6) is 11.5 Å². The van der Waals surface area contributed by atoms with E-state index in [1.807, 2.05) is 0 Å². The van der Waals surface area contributed by atoms with Gasteiger partial charge >= 0.3 is 0 Å². The topological polar surface area (TPSA) is 18.5 Å². The zero-order valence-corrected chi connectivity index (χ0v) is 13.5. The van der Waals surface area contributed by atoms with Gasteiger partial charge in [-0.25, -0.2) is 0 Å². The van der Waals surface area contributed by atoms with Gasteiger partial charge in [-0.1, -0.05) is 26.3 Å². The van der Waals surface area contributed by atoms with Gasteiger partial charge in [0.2, 0.25) is 0 Å². The van der Waals surface area contributed by atoms with Gasteiger partial charge in [0.25, 0.3) is 0 Å². The summed E-state index contributed by atoms with van der Waals surface area (Å²) in [5, 5.41) is 0.483. The monoisotopic (exact) mass is 294 g/mol. The van der Waals surface area contributed by atoms with E-state index in [-0.39, 0.29) is 0 Å². The summed E-state index contributed by atoms with van der Waals surface area (Å²) in [6, 6.07) is 6.41. The molecule has 0 N–H and O–H groups in total. The van der Waals surface area contributed by atoms with E-state index in [2.05, 4.69) is 32.0 Å². The van der Waals surface area contributed by atoms with Crippen LogP contribution in [0.15, 0.2) is 18.2 Å². The minimum atomic E-state index is 0.483. The van der Waals surface area contributed by atoms with Crippen LogP contribution in [0.4, 0.5) is 0 Å². The van der Waals surface area contributed by atoms with Gasteiger partial charge in [0, 0.05) is 5.25 Å². The Morgan fingerprint density at radius 1 is 1.05 bits per heavy atom. The number of rotatable bonds is 7. The van der Waals surface area contributed by atoms with E-state index in [1.54, 1.807) is 0 Å². The summed E-state index contributed by atoms with van der Waals surface area (Å²) in [7, 11) is 0. The SMILES string of the molecule is CCCOc1ccc(C2CCCC2S)cc1OCCC. The zero-order valence-electron chi connectivity index (χ0n) is 12.6. The summed E-state index contributed by atoms with van der Waals surface area (Å²) in [6.07, 6.45) is 5.74. The summed E-state index contributed by atoms with van der Waals surface area (Å²) in [5.74, 6) is 2.32. The largest absolute Gasteiger partial charge is 0.490 e. The van der Waals surface area contributed by atoms with Crippen LogP contribution in [0, 0.1) is 0 Å². The summed E-state index contributed by atoms with van der Waals surface area (Å²) >= 11 is 4.71. The van der Waals surface area contributed by atoms with E-state index in [0.29, 0.717) is 11.2 Å². The molecule has 2 rings (SSSR count). The molecule has 0 aliphatic heterocycles. The fraction of sp³-hybridized carbons (Fsp3) is 0.647. The average Bonchev–Trinajstić information content (AvgIpc) is 2.89. The van der Waals surface area contributed by atoms with Gasteiger partial charge in [0.1, 0.15) is 0 Å². The first-order valence-corrected chi connectivity index (χ1v) is 8.35. The van der Waals surface area contributed by atoms with Crippen LogP contribution in [0.3, 0.4) is 0 Å². The van der Waals surface area contributed by atoms with E-state index >= 15 is 0 Å². The third-order valence-corrected chi connectivity index (χ3v) is 4.42. The highest BCUT2D eigenvalue weighted by Gasteiger charge is 2.26. The molecule has 2 unspecified atom stereocenters. The minimum Gasteiger partial charge on any atom is -0.490 e. The molecule has 0 spiro atoms. The van der Waals surface area contributed by atoms with Crippen molar-refractivity contribution in [2.75, 3.05) is 13.2 Å². The Hall–Kier alpha value is -0.830. The maximum atomic E-state index is 5.87. The molecule has 20 heavy (non-hydrogen) atoms. The second kappa shape index (κ2) is 7.82. The lowest BCUT2D eigenvalue weighted by Crippen LogP contribution is -2.07. The fourth-order valence-electron chi connectivity index (χ4n) is 2.74. The molecule has 1 fully saturated rings. The third-order valence-electron chi connectivity index (χ3n) is 3.80. The fourth-order valence-corrected chi connectivity index (χ4v) is 3.24. The molecule has 1 aromatic carbocycles. The normalized spacial score (nSPS) is 21.9. The molecular weight excluding hydrogens is 268 g/mol. The lowest BCUT2D eigenvalue weighted by Gasteiger charge is -2.18. The summed E-state index contributed by atoms with van der Waals surface area (Å²) in [4.78, 5) is 0. The van der Waals surface area contributed by atoms with Crippen LogP contribution >= 0.6 is 12.6 Å². The smallest absolute Gasteiger partial charge is 0.161 e. The molecule has 1 aromatic rings. The Morgan fingerprint density at radius 2 is 1.75 bits per heavy atom. The highest BCUT2D eigenvalue weighted by molar-refractivity contribution is 7.81. The molecule has 0 radical (unpaired) electrons. The summed E-state index contributed by atoms with van der Waals surface area (Å²) < 4.78 is 11.7. The van der Waals surface area contributed by atoms with E-state index < -0.39 is 0 Å². The van der Waals surface area contributed by atoms with Crippen molar-refractivity contribution in [1.29, 1.82) is 0 Å². The van der Waals surface area contributed by atoms with Crippen LogP contribution in [0.2, 0.25) is 0 Å². The second-order valence-electron chi connectivity index (χ2n) is 5.51. The van der Waals surface area contributed by atoms with Gasteiger partial charge < -0.3 is 9.47 Å². The van der Waals surface area contributed by atoms with E-state index in [9.17, 15) is 0 Å². The van der Waals surface area contributed by atoms with Crippen molar-refractivity contribution in [3.05, 3.63) is 23.8 Å². The molecule has 0 amide bonds. The zero-order chi connectivity index (χ0) is 14.4. The van der Waals surface area contributed by atoms with Crippen molar-refractivity contribution >= 4 is 12.6 Å². The molecule has 0 bridgehead atoms. The van der Waals surface area contributed by atoms with Crippen molar-refractivity contribution in [2.45, 2.75) is 57.1 Å². The number of benzene rings is 1. The van der Waals surface area contributed by atoms with Crippen molar-refractivity contribution in [1.82, 2.24) is 0 Å². The lowest BCUT2D eigenvalue weighted by molar-refractivity contribution is 0.268. The second-order valence-corrected chi connectivity index (χ2v) is 6.17. The number of ether oxygens (including phenoxy) is 2. The Morgan fingerprint density at radius 3 is 2.35 bits per heavy atom. The lowest BCUT2D eigenvalue weighted by atomic mass is 9.97. The van der Waals surface area contributed by atoms with E-state index in [0.717, 1.165) is 37.6 Å². The average molecular weight is 294 g/mol. The maximum Gasteiger partial charge on any atom is 0.161 e. The van der Waals surface area contributed by atoms with Gasteiger partial charge in [-0.2, -0.15) is 12.6 Å². The van der Waals surface area contributed by atoms with Crippen LogP contribution in [0.1, 0.15) is 57.4 Å². The molecule has 1 saturated carbocycles. The first-order chi connectivity index (χ1) is 9.76. The van der Waals surface area contributed by atoms with Crippen LogP contribution in [-0.4, -0.2) is 18.5 Å². The Kier molecular flexibility index (Phi) is 6.08. The maximum absolute atomic E-state index is 5.87. The van der Waals surface area contributed by atoms with Crippen LogP contribution in [-0.2, 0) is 0 Å². The molecule has 1 aliphatic rings. The molecule has 0 heterocycles. The van der Waals surface area contributed by atoms with Gasteiger partial charge in [-0.3, -0.25) is 0 Å². The third kappa shape index (κ3) is 3.85. The summed E-state index contributed by atoms with van der Waals surface area (Å²) in [5.41, 5.74) is 1.34.